The fourth-order valence-electron chi connectivity index (χ4n) is 2.98. The van der Waals surface area contributed by atoms with Gasteiger partial charge in [-0.1, -0.05) is 42.1 Å². The van der Waals surface area contributed by atoms with Crippen LogP contribution in [0.25, 0.3) is 0 Å². The minimum absolute atomic E-state index is 0.526. The van der Waals surface area contributed by atoms with E-state index in [1.165, 1.54) is 25.4 Å². The first-order valence-corrected chi connectivity index (χ1v) is 9.98. The number of hydrogen-bond donors (Lipinski definition) is 0. The van der Waals surface area contributed by atoms with Gasteiger partial charge >= 0.3 is 0 Å². The van der Waals surface area contributed by atoms with Crippen LogP contribution in [0.1, 0.15) is 12.8 Å². The van der Waals surface area contributed by atoms with Gasteiger partial charge in [0.15, 0.2) is 0 Å². The molecule has 0 bridgehead atoms. The van der Waals surface area contributed by atoms with Gasteiger partial charge in [-0.25, -0.2) is 0 Å². The van der Waals surface area contributed by atoms with Crippen molar-refractivity contribution in [3.05, 3.63) is 30.3 Å². The van der Waals surface area contributed by atoms with Crippen molar-refractivity contribution in [1.82, 2.24) is 4.67 Å². The zero-order valence-corrected chi connectivity index (χ0v) is 12.5. The molecule has 2 unspecified atom stereocenters. The maximum Gasteiger partial charge on any atom is 0.0897 e. The van der Waals surface area contributed by atoms with Crippen LogP contribution in [0.5, 0.6) is 0 Å². The average Bonchev–Trinajstić information content (AvgIpc) is 2.95. The smallest absolute Gasteiger partial charge is 0.0897 e. The zero-order chi connectivity index (χ0) is 11.7. The maximum atomic E-state index is 6.00. The lowest BCUT2D eigenvalue weighted by atomic mass is 10.1. The predicted octanol–water partition coefficient (Wildman–Crippen LogP) is 2.12. The predicted molar refractivity (Wildman–Crippen MR) is 76.8 cm³/mol. The molecule has 0 saturated carbocycles. The summed E-state index contributed by atoms with van der Waals surface area (Å²) in [7, 11) is -0.177. The summed E-state index contributed by atoms with van der Waals surface area (Å²) < 4.78 is 8.55. The Bertz CT molecular complexity index is 375. The van der Waals surface area contributed by atoms with Gasteiger partial charge in [0.25, 0.3) is 0 Å². The molecule has 0 aromatic heterocycles. The van der Waals surface area contributed by atoms with Crippen molar-refractivity contribution in [2.75, 3.05) is 6.54 Å². The van der Waals surface area contributed by atoms with Crippen LogP contribution in [0.15, 0.2) is 30.3 Å². The SMILES string of the molecule is C[SiH](C[C@@H]1OPN2CCC[C@H]12)c1ccccc1. The monoisotopic (exact) mass is 265 g/mol. The number of rotatable bonds is 3. The van der Waals surface area contributed by atoms with Crippen LogP contribution < -0.4 is 5.19 Å². The number of nitrogens with zero attached hydrogens (tertiary/aromatic N) is 1. The first-order valence-electron chi connectivity index (χ1n) is 6.57. The largest absolute Gasteiger partial charge is 0.342 e. The molecular weight excluding hydrogens is 245 g/mol. The van der Waals surface area contributed by atoms with Crippen molar-refractivity contribution in [2.45, 2.75) is 37.6 Å². The molecule has 0 radical (unpaired) electrons. The molecule has 3 rings (SSSR count). The highest BCUT2D eigenvalue weighted by molar-refractivity contribution is 7.29. The van der Waals surface area contributed by atoms with Crippen molar-refractivity contribution in [3.63, 3.8) is 0 Å². The molecule has 2 aliphatic rings. The van der Waals surface area contributed by atoms with E-state index in [-0.39, 0.29) is 0 Å². The summed E-state index contributed by atoms with van der Waals surface area (Å²) in [5, 5.41) is 1.58. The van der Waals surface area contributed by atoms with Gasteiger partial charge in [0.05, 0.1) is 23.9 Å². The molecule has 0 aliphatic carbocycles. The fourth-order valence-corrected chi connectivity index (χ4v) is 6.63. The lowest BCUT2D eigenvalue weighted by molar-refractivity contribution is 0.233. The van der Waals surface area contributed by atoms with Crippen molar-refractivity contribution >= 4 is 22.9 Å². The van der Waals surface area contributed by atoms with E-state index in [2.05, 4.69) is 41.5 Å². The van der Waals surface area contributed by atoms with E-state index in [1.807, 2.05) is 0 Å². The lowest BCUT2D eigenvalue weighted by Crippen LogP contribution is -2.36. The molecule has 2 heterocycles. The van der Waals surface area contributed by atoms with Gasteiger partial charge in [0.2, 0.25) is 0 Å². The Hall–Kier alpha value is -0.213. The average molecular weight is 265 g/mol. The molecule has 2 aliphatic heterocycles. The fraction of sp³-hybridized carbons (Fsp3) is 0.538. The second-order valence-electron chi connectivity index (χ2n) is 5.20. The molecule has 2 saturated heterocycles. The summed E-state index contributed by atoms with van der Waals surface area (Å²) in [5.74, 6) is 0. The highest BCUT2D eigenvalue weighted by atomic mass is 31.1. The Kier molecular flexibility index (Phi) is 3.62. The van der Waals surface area contributed by atoms with Crippen LogP contribution in [0.2, 0.25) is 12.6 Å². The van der Waals surface area contributed by atoms with Crippen LogP contribution in [-0.4, -0.2) is 32.2 Å². The molecule has 2 fully saturated rings. The lowest BCUT2D eigenvalue weighted by Gasteiger charge is -2.20. The summed E-state index contributed by atoms with van der Waals surface area (Å²) in [4.78, 5) is 0. The summed E-state index contributed by atoms with van der Waals surface area (Å²) in [5.41, 5.74) is 0. The Morgan fingerprint density at radius 3 is 3.06 bits per heavy atom. The van der Waals surface area contributed by atoms with Crippen molar-refractivity contribution in [2.24, 2.45) is 0 Å². The Morgan fingerprint density at radius 2 is 2.24 bits per heavy atom. The Morgan fingerprint density at radius 1 is 1.41 bits per heavy atom. The van der Waals surface area contributed by atoms with E-state index in [0.29, 0.717) is 15.1 Å². The molecule has 2 nitrogen and oxygen atoms in total. The van der Waals surface area contributed by atoms with Crippen LogP contribution in [0.3, 0.4) is 0 Å². The van der Waals surface area contributed by atoms with Crippen LogP contribution >= 0.6 is 8.96 Å². The number of fused-ring (bicyclic) bond motifs is 1. The van der Waals surface area contributed by atoms with Gasteiger partial charge in [-0.15, -0.1) is 0 Å². The molecule has 4 atom stereocenters. The molecule has 0 amide bonds. The van der Waals surface area contributed by atoms with E-state index >= 15 is 0 Å². The van der Waals surface area contributed by atoms with Crippen molar-refractivity contribution < 1.29 is 4.52 Å². The molecule has 17 heavy (non-hydrogen) atoms. The van der Waals surface area contributed by atoms with Crippen LogP contribution in [0, 0.1) is 0 Å². The molecule has 0 N–H and O–H groups in total. The highest BCUT2D eigenvalue weighted by Crippen LogP contribution is 2.43. The molecule has 92 valence electrons. The van der Waals surface area contributed by atoms with Gasteiger partial charge in [-0.05, 0) is 18.9 Å². The van der Waals surface area contributed by atoms with Gasteiger partial charge in [0.1, 0.15) is 0 Å². The Balaban J connectivity index is 1.64. The molecule has 4 heteroatoms. The van der Waals surface area contributed by atoms with E-state index < -0.39 is 8.80 Å². The first kappa shape index (κ1) is 11.9. The third kappa shape index (κ3) is 2.48. The normalized spacial score (nSPS) is 31.8. The third-order valence-electron chi connectivity index (χ3n) is 4.00. The van der Waals surface area contributed by atoms with E-state index in [9.17, 15) is 0 Å². The molecule has 1 aromatic carbocycles. The second-order valence-corrected chi connectivity index (χ2v) is 9.13. The number of hydrogen-bond acceptors (Lipinski definition) is 2. The summed E-state index contributed by atoms with van der Waals surface area (Å²) in [6, 6.07) is 13.1. The Labute approximate surface area is 107 Å². The van der Waals surface area contributed by atoms with Gasteiger partial charge in [0, 0.05) is 12.6 Å². The second kappa shape index (κ2) is 5.19. The quantitative estimate of drug-likeness (QED) is 0.613. The van der Waals surface area contributed by atoms with Gasteiger partial charge in [-0.2, -0.15) is 0 Å². The minimum atomic E-state index is -0.813. The molecular formula is C13H20NOPSi. The topological polar surface area (TPSA) is 12.5 Å². The van der Waals surface area contributed by atoms with Crippen molar-refractivity contribution in [3.8, 4) is 0 Å². The van der Waals surface area contributed by atoms with Crippen LogP contribution in [0.4, 0.5) is 0 Å². The summed E-state index contributed by atoms with van der Waals surface area (Å²) in [6.45, 7) is 3.72. The molecule has 0 spiro atoms. The van der Waals surface area contributed by atoms with E-state index in [0.717, 1.165) is 6.04 Å². The highest BCUT2D eigenvalue weighted by Gasteiger charge is 2.39. The number of benzene rings is 1. The standard InChI is InChI=1S/C13H20NOPSi/c1-17(11-6-3-2-4-7-11)10-13-12-8-5-9-14(12)16-15-13/h2-4,6-7,12-13,16-17H,5,8-10H2,1H3/t12-,13+,17?/m1/s1. The maximum absolute atomic E-state index is 6.00. The van der Waals surface area contributed by atoms with Crippen LogP contribution in [-0.2, 0) is 4.52 Å². The van der Waals surface area contributed by atoms with E-state index in [4.69, 9.17) is 4.52 Å². The first-order chi connectivity index (χ1) is 8.34. The van der Waals surface area contributed by atoms with Gasteiger partial charge in [-0.3, -0.25) is 4.67 Å². The molecule has 1 aromatic rings. The third-order valence-corrected chi connectivity index (χ3v) is 7.90. The minimum Gasteiger partial charge on any atom is -0.342 e. The zero-order valence-electron chi connectivity index (χ0n) is 10.3. The summed E-state index contributed by atoms with van der Waals surface area (Å²) >= 11 is 0. The van der Waals surface area contributed by atoms with Gasteiger partial charge < -0.3 is 4.52 Å². The summed E-state index contributed by atoms with van der Waals surface area (Å²) in [6.07, 6.45) is 3.25. The van der Waals surface area contributed by atoms with E-state index in [1.54, 1.807) is 5.19 Å². The van der Waals surface area contributed by atoms with Crippen molar-refractivity contribution in [1.29, 1.82) is 0 Å².